The highest BCUT2D eigenvalue weighted by molar-refractivity contribution is 5.42. The summed E-state index contributed by atoms with van der Waals surface area (Å²) < 4.78 is 37.4. The van der Waals surface area contributed by atoms with Crippen molar-refractivity contribution in [3.05, 3.63) is 33.5 Å². The van der Waals surface area contributed by atoms with Gasteiger partial charge in [0.15, 0.2) is 0 Å². The van der Waals surface area contributed by atoms with Gasteiger partial charge in [-0.05, 0) is 16.0 Å². The molecule has 0 spiro atoms. The number of nitriles is 1. The second-order valence-corrected chi connectivity index (χ2v) is 2.75. The fraction of sp³-hybridized carbons (Fsp3) is 0.250. The third-order valence-corrected chi connectivity index (χ3v) is 1.77. The molecule has 0 aliphatic carbocycles. The summed E-state index contributed by atoms with van der Waals surface area (Å²) in [6.45, 7) is 0. The minimum absolute atomic E-state index is 0.611. The number of hydrogen-bond donors (Lipinski definition) is 0. The third kappa shape index (κ3) is 2.25. The Hall–Kier alpha value is -2.17. The van der Waals surface area contributed by atoms with Gasteiger partial charge in [0.2, 0.25) is 0 Å². The van der Waals surface area contributed by atoms with Crippen molar-refractivity contribution in [1.82, 2.24) is 4.98 Å². The highest BCUT2D eigenvalue weighted by atomic mass is 19.4. The average Bonchev–Trinajstić information content (AvgIpc) is 2.16. The first-order valence-electron chi connectivity index (χ1n) is 3.94. The molecule has 0 aliphatic rings. The van der Waals surface area contributed by atoms with Crippen LogP contribution < -0.4 is 0 Å². The molecular weight excluding hydrogens is 227 g/mol. The first-order valence-corrected chi connectivity index (χ1v) is 3.94. The average molecular weight is 231 g/mol. The van der Waals surface area contributed by atoms with Crippen molar-refractivity contribution in [1.29, 1.82) is 5.26 Å². The number of nitro groups is 1. The molecular formula is C8H4F3N3O2. The van der Waals surface area contributed by atoms with Gasteiger partial charge in [-0.2, -0.15) is 18.4 Å². The maximum Gasteiger partial charge on any atom is 0.417 e. The molecule has 0 bridgehead atoms. The first kappa shape index (κ1) is 11.9. The largest absolute Gasteiger partial charge is 0.417 e. The Balaban J connectivity index is 3.46. The first-order chi connectivity index (χ1) is 7.38. The summed E-state index contributed by atoms with van der Waals surface area (Å²) >= 11 is 0. The van der Waals surface area contributed by atoms with E-state index < -0.39 is 34.5 Å². The molecule has 1 aromatic heterocycles. The molecule has 16 heavy (non-hydrogen) atoms. The Morgan fingerprint density at radius 3 is 2.62 bits per heavy atom. The predicted molar refractivity (Wildman–Crippen MR) is 45.2 cm³/mol. The van der Waals surface area contributed by atoms with Crippen molar-refractivity contribution < 1.29 is 18.1 Å². The van der Waals surface area contributed by atoms with Gasteiger partial charge in [0.25, 0.3) is 0 Å². The number of nitrogens with zero attached hydrogens (tertiary/aromatic N) is 3. The van der Waals surface area contributed by atoms with E-state index >= 15 is 0 Å². The highest BCUT2D eigenvalue weighted by Crippen LogP contribution is 2.34. The second-order valence-electron chi connectivity index (χ2n) is 2.75. The maximum absolute atomic E-state index is 12.5. The summed E-state index contributed by atoms with van der Waals surface area (Å²) in [7, 11) is 0. The minimum Gasteiger partial charge on any atom is -0.358 e. The molecule has 1 heterocycles. The molecule has 8 heteroatoms. The van der Waals surface area contributed by atoms with Crippen molar-refractivity contribution in [2.45, 2.75) is 12.6 Å². The van der Waals surface area contributed by atoms with Gasteiger partial charge in [0.1, 0.15) is 6.20 Å². The molecule has 0 saturated carbocycles. The highest BCUT2D eigenvalue weighted by Gasteiger charge is 2.37. The van der Waals surface area contributed by atoms with E-state index in [1.54, 1.807) is 0 Å². The molecule has 0 aromatic carbocycles. The van der Waals surface area contributed by atoms with Crippen LogP contribution in [0.4, 0.5) is 19.0 Å². The number of hydrogen-bond acceptors (Lipinski definition) is 4. The van der Waals surface area contributed by atoms with Crippen LogP contribution in [-0.4, -0.2) is 9.91 Å². The molecule has 1 rings (SSSR count). The summed E-state index contributed by atoms with van der Waals surface area (Å²) in [5, 5.41) is 18.8. The van der Waals surface area contributed by atoms with Crippen LogP contribution in [0.2, 0.25) is 0 Å². The van der Waals surface area contributed by atoms with Gasteiger partial charge >= 0.3 is 12.0 Å². The van der Waals surface area contributed by atoms with Crippen LogP contribution in [0, 0.1) is 21.4 Å². The molecule has 0 saturated heterocycles. The number of pyridine rings is 1. The van der Waals surface area contributed by atoms with Gasteiger partial charge in [-0.3, -0.25) is 0 Å². The molecule has 0 amide bonds. The summed E-state index contributed by atoms with van der Waals surface area (Å²) in [5.41, 5.74) is -1.90. The zero-order valence-corrected chi connectivity index (χ0v) is 7.65. The lowest BCUT2D eigenvalue weighted by Gasteiger charge is -2.09. The second kappa shape index (κ2) is 4.14. The smallest absolute Gasteiger partial charge is 0.358 e. The SMILES string of the molecule is N#CCc1c(C(F)(F)F)ccnc1[N+](=O)[O-]. The van der Waals surface area contributed by atoms with Gasteiger partial charge in [0.05, 0.1) is 23.6 Å². The van der Waals surface area contributed by atoms with Crippen molar-refractivity contribution >= 4 is 5.82 Å². The number of rotatable bonds is 2. The van der Waals surface area contributed by atoms with Crippen LogP contribution in [0.5, 0.6) is 0 Å². The molecule has 0 aliphatic heterocycles. The topological polar surface area (TPSA) is 79.8 Å². The molecule has 0 unspecified atom stereocenters. The lowest BCUT2D eigenvalue weighted by Crippen LogP contribution is -2.12. The number of aromatic nitrogens is 1. The summed E-state index contributed by atoms with van der Waals surface area (Å²) in [6.07, 6.45) is -4.75. The summed E-state index contributed by atoms with van der Waals surface area (Å²) in [4.78, 5) is 12.6. The van der Waals surface area contributed by atoms with Crippen molar-refractivity contribution in [2.24, 2.45) is 0 Å². The van der Waals surface area contributed by atoms with E-state index in [0.717, 1.165) is 0 Å². The summed E-state index contributed by atoms with van der Waals surface area (Å²) in [5.74, 6) is -0.934. The van der Waals surface area contributed by atoms with Gasteiger partial charge in [-0.15, -0.1) is 0 Å². The van der Waals surface area contributed by atoms with Crippen LogP contribution >= 0.6 is 0 Å². The molecule has 84 valence electrons. The zero-order valence-electron chi connectivity index (χ0n) is 7.65. The predicted octanol–water partition coefficient (Wildman–Crippen LogP) is 2.07. The van der Waals surface area contributed by atoms with Gasteiger partial charge in [-0.25, -0.2) is 0 Å². The molecule has 1 aromatic rings. The maximum atomic E-state index is 12.5. The minimum atomic E-state index is -4.74. The van der Waals surface area contributed by atoms with Crippen molar-refractivity contribution in [3.63, 3.8) is 0 Å². The van der Waals surface area contributed by atoms with E-state index in [4.69, 9.17) is 5.26 Å². The lowest BCUT2D eigenvalue weighted by atomic mass is 10.1. The Morgan fingerprint density at radius 2 is 2.19 bits per heavy atom. The number of halogens is 3. The standard InChI is InChI=1S/C8H4F3N3O2/c9-8(10,11)6-2-4-13-7(14(15)16)5(6)1-3-12/h2,4H,1H2. The lowest BCUT2D eigenvalue weighted by molar-refractivity contribution is -0.390. The Bertz CT molecular complexity index is 465. The van der Waals surface area contributed by atoms with E-state index in [9.17, 15) is 23.3 Å². The van der Waals surface area contributed by atoms with E-state index in [-0.39, 0.29) is 0 Å². The van der Waals surface area contributed by atoms with E-state index in [0.29, 0.717) is 12.3 Å². The van der Waals surface area contributed by atoms with Gasteiger partial charge in [0, 0.05) is 0 Å². The fourth-order valence-corrected chi connectivity index (χ4v) is 1.16. The monoisotopic (exact) mass is 231 g/mol. The Labute approximate surface area is 87.3 Å². The van der Waals surface area contributed by atoms with Crippen molar-refractivity contribution in [2.75, 3.05) is 0 Å². The van der Waals surface area contributed by atoms with Crippen LogP contribution in [-0.2, 0) is 12.6 Å². The Kier molecular flexibility index (Phi) is 3.08. The van der Waals surface area contributed by atoms with Gasteiger partial charge in [-0.1, -0.05) is 0 Å². The normalized spacial score (nSPS) is 10.9. The van der Waals surface area contributed by atoms with Crippen LogP contribution in [0.15, 0.2) is 12.3 Å². The molecule has 0 radical (unpaired) electrons. The molecule has 5 nitrogen and oxygen atoms in total. The van der Waals surface area contributed by atoms with E-state index in [1.165, 1.54) is 6.07 Å². The zero-order chi connectivity index (χ0) is 12.3. The van der Waals surface area contributed by atoms with E-state index in [1.807, 2.05) is 0 Å². The molecule has 0 fully saturated rings. The Morgan fingerprint density at radius 1 is 1.56 bits per heavy atom. The van der Waals surface area contributed by atoms with Gasteiger partial charge < -0.3 is 10.1 Å². The quantitative estimate of drug-likeness (QED) is 0.576. The van der Waals surface area contributed by atoms with Crippen molar-refractivity contribution in [3.8, 4) is 6.07 Å². The molecule has 0 atom stereocenters. The van der Waals surface area contributed by atoms with Crippen LogP contribution in [0.25, 0.3) is 0 Å². The number of alkyl halides is 3. The summed E-state index contributed by atoms with van der Waals surface area (Å²) in [6, 6.07) is 2.06. The molecule has 0 N–H and O–H groups in total. The van der Waals surface area contributed by atoms with Crippen LogP contribution in [0.3, 0.4) is 0 Å². The third-order valence-electron chi connectivity index (χ3n) is 1.77. The van der Waals surface area contributed by atoms with E-state index in [2.05, 4.69) is 4.98 Å². The van der Waals surface area contributed by atoms with Crippen LogP contribution in [0.1, 0.15) is 11.1 Å². The fourth-order valence-electron chi connectivity index (χ4n) is 1.16.